The monoisotopic (exact) mass is 283 g/mol. The van der Waals surface area contributed by atoms with Crippen LogP contribution in [-0.4, -0.2) is 0 Å². The summed E-state index contributed by atoms with van der Waals surface area (Å²) in [4.78, 5) is 0. The van der Waals surface area contributed by atoms with E-state index in [4.69, 9.17) is 23.2 Å². The van der Waals surface area contributed by atoms with Gasteiger partial charge in [0.15, 0.2) is 0 Å². The lowest BCUT2D eigenvalue weighted by atomic mass is 10.2. The summed E-state index contributed by atoms with van der Waals surface area (Å²) in [7, 11) is 0. The van der Waals surface area contributed by atoms with E-state index in [1.165, 1.54) is 6.07 Å². The van der Waals surface area contributed by atoms with Crippen LogP contribution in [0.1, 0.15) is 11.1 Å². The van der Waals surface area contributed by atoms with Gasteiger partial charge >= 0.3 is 0 Å². The van der Waals surface area contributed by atoms with Crippen molar-refractivity contribution in [1.82, 2.24) is 5.32 Å². The minimum absolute atomic E-state index is 0.200. The molecule has 0 saturated heterocycles. The summed E-state index contributed by atoms with van der Waals surface area (Å²) in [5.74, 6) is -0.200. The van der Waals surface area contributed by atoms with Crippen LogP contribution in [0, 0.1) is 5.82 Å². The van der Waals surface area contributed by atoms with Gasteiger partial charge in [-0.05, 0) is 29.8 Å². The van der Waals surface area contributed by atoms with Gasteiger partial charge in [0.1, 0.15) is 5.82 Å². The number of hydrogen-bond acceptors (Lipinski definition) is 1. The van der Waals surface area contributed by atoms with Gasteiger partial charge in [0.05, 0.1) is 0 Å². The van der Waals surface area contributed by atoms with Crippen molar-refractivity contribution in [3.8, 4) is 0 Å². The third-order valence-electron chi connectivity index (χ3n) is 2.52. The zero-order chi connectivity index (χ0) is 13.0. The second-order valence-electron chi connectivity index (χ2n) is 3.97. The Morgan fingerprint density at radius 2 is 1.61 bits per heavy atom. The van der Waals surface area contributed by atoms with Crippen LogP contribution in [0.25, 0.3) is 0 Å². The lowest BCUT2D eigenvalue weighted by Gasteiger charge is -2.07. The van der Waals surface area contributed by atoms with Crippen LogP contribution < -0.4 is 5.32 Å². The number of benzene rings is 2. The van der Waals surface area contributed by atoms with Crippen LogP contribution in [0.4, 0.5) is 4.39 Å². The number of hydrogen-bond donors (Lipinski definition) is 1. The molecule has 0 radical (unpaired) electrons. The average Bonchev–Trinajstić information content (AvgIpc) is 2.30. The highest BCUT2D eigenvalue weighted by Crippen LogP contribution is 2.19. The van der Waals surface area contributed by atoms with Gasteiger partial charge in [-0.3, -0.25) is 0 Å². The molecule has 0 spiro atoms. The van der Waals surface area contributed by atoms with Gasteiger partial charge in [-0.25, -0.2) is 4.39 Å². The van der Waals surface area contributed by atoms with E-state index in [0.29, 0.717) is 28.7 Å². The van der Waals surface area contributed by atoms with E-state index in [0.717, 1.165) is 5.56 Å². The molecule has 0 saturated carbocycles. The summed E-state index contributed by atoms with van der Waals surface area (Å²) in [6, 6.07) is 12.1. The minimum atomic E-state index is -0.200. The van der Waals surface area contributed by atoms with Crippen molar-refractivity contribution in [3.63, 3.8) is 0 Å². The maximum Gasteiger partial charge on any atom is 0.127 e. The van der Waals surface area contributed by atoms with Crippen molar-refractivity contribution in [2.75, 3.05) is 0 Å². The highest BCUT2D eigenvalue weighted by atomic mass is 35.5. The molecule has 18 heavy (non-hydrogen) atoms. The molecule has 0 fully saturated rings. The Morgan fingerprint density at radius 3 is 2.28 bits per heavy atom. The molecule has 94 valence electrons. The maximum absolute atomic E-state index is 13.4. The molecule has 0 amide bonds. The second-order valence-corrected chi connectivity index (χ2v) is 4.85. The zero-order valence-electron chi connectivity index (χ0n) is 9.59. The topological polar surface area (TPSA) is 12.0 Å². The third kappa shape index (κ3) is 3.70. The standard InChI is InChI=1S/C14H12Cl2FN/c15-12-5-10(6-13(16)7-12)8-18-9-11-3-1-2-4-14(11)17/h1-7,18H,8-9H2. The molecule has 1 nitrogen and oxygen atoms in total. The molecule has 0 unspecified atom stereocenters. The van der Waals surface area contributed by atoms with Crippen molar-refractivity contribution in [2.24, 2.45) is 0 Å². The first-order valence-corrected chi connectivity index (χ1v) is 6.30. The van der Waals surface area contributed by atoms with Crippen LogP contribution in [0.5, 0.6) is 0 Å². The predicted octanol–water partition coefficient (Wildman–Crippen LogP) is 4.42. The van der Waals surface area contributed by atoms with E-state index in [9.17, 15) is 4.39 Å². The van der Waals surface area contributed by atoms with Gasteiger partial charge in [0.2, 0.25) is 0 Å². The third-order valence-corrected chi connectivity index (χ3v) is 2.96. The summed E-state index contributed by atoms with van der Waals surface area (Å²) in [5.41, 5.74) is 1.62. The Morgan fingerprint density at radius 1 is 0.944 bits per heavy atom. The molecule has 0 atom stereocenters. The lowest BCUT2D eigenvalue weighted by molar-refractivity contribution is 0.588. The van der Waals surface area contributed by atoms with Crippen LogP contribution in [0.15, 0.2) is 42.5 Å². The van der Waals surface area contributed by atoms with Gasteiger partial charge in [0, 0.05) is 28.7 Å². The lowest BCUT2D eigenvalue weighted by Crippen LogP contribution is -2.13. The van der Waals surface area contributed by atoms with Crippen molar-refractivity contribution < 1.29 is 4.39 Å². The fraction of sp³-hybridized carbons (Fsp3) is 0.143. The molecule has 4 heteroatoms. The summed E-state index contributed by atoms with van der Waals surface area (Å²) in [5, 5.41) is 4.36. The molecular formula is C14H12Cl2FN. The van der Waals surface area contributed by atoms with Crippen molar-refractivity contribution in [3.05, 3.63) is 69.5 Å². The average molecular weight is 284 g/mol. The molecule has 0 aliphatic rings. The zero-order valence-corrected chi connectivity index (χ0v) is 11.1. The Kier molecular flexibility index (Phi) is 4.59. The van der Waals surface area contributed by atoms with Gasteiger partial charge in [0.25, 0.3) is 0 Å². The van der Waals surface area contributed by atoms with E-state index in [-0.39, 0.29) is 5.82 Å². The summed E-state index contributed by atoms with van der Waals surface area (Å²) >= 11 is 11.8. The highest BCUT2D eigenvalue weighted by molar-refractivity contribution is 6.34. The quantitative estimate of drug-likeness (QED) is 0.876. The van der Waals surface area contributed by atoms with E-state index >= 15 is 0 Å². The first-order chi connectivity index (χ1) is 8.65. The second kappa shape index (κ2) is 6.19. The predicted molar refractivity (Wildman–Crippen MR) is 73.4 cm³/mol. The molecule has 1 N–H and O–H groups in total. The Bertz CT molecular complexity index is 523. The highest BCUT2D eigenvalue weighted by Gasteiger charge is 2.01. The van der Waals surface area contributed by atoms with E-state index < -0.39 is 0 Å². The first-order valence-electron chi connectivity index (χ1n) is 5.54. The van der Waals surface area contributed by atoms with Crippen LogP contribution in [0.3, 0.4) is 0 Å². The minimum Gasteiger partial charge on any atom is -0.309 e. The summed E-state index contributed by atoms with van der Waals surface area (Å²) < 4.78 is 13.4. The van der Waals surface area contributed by atoms with Gasteiger partial charge in [-0.1, -0.05) is 41.4 Å². The van der Waals surface area contributed by atoms with E-state index in [1.54, 1.807) is 18.2 Å². The van der Waals surface area contributed by atoms with Gasteiger partial charge in [-0.2, -0.15) is 0 Å². The molecule has 2 aromatic carbocycles. The maximum atomic E-state index is 13.4. The van der Waals surface area contributed by atoms with Crippen molar-refractivity contribution in [2.45, 2.75) is 13.1 Å². The molecule has 0 heterocycles. The SMILES string of the molecule is Fc1ccccc1CNCc1cc(Cl)cc(Cl)c1. The Hall–Kier alpha value is -1.09. The fourth-order valence-electron chi connectivity index (χ4n) is 1.70. The molecule has 0 aliphatic carbocycles. The van der Waals surface area contributed by atoms with E-state index in [1.807, 2.05) is 18.2 Å². The van der Waals surface area contributed by atoms with Crippen LogP contribution in [-0.2, 0) is 13.1 Å². The number of rotatable bonds is 4. The molecular weight excluding hydrogens is 272 g/mol. The number of nitrogens with one attached hydrogen (secondary N) is 1. The van der Waals surface area contributed by atoms with Crippen LogP contribution in [0.2, 0.25) is 10.0 Å². The Labute approximate surface area is 116 Å². The molecule has 0 bridgehead atoms. The summed E-state index contributed by atoms with van der Waals surface area (Å²) in [6.07, 6.45) is 0. The molecule has 0 aliphatic heterocycles. The van der Waals surface area contributed by atoms with Crippen LogP contribution >= 0.6 is 23.2 Å². The van der Waals surface area contributed by atoms with Gasteiger partial charge < -0.3 is 5.32 Å². The Balaban J connectivity index is 1.94. The normalized spacial score (nSPS) is 10.6. The van der Waals surface area contributed by atoms with E-state index in [2.05, 4.69) is 5.32 Å². The van der Waals surface area contributed by atoms with Crippen molar-refractivity contribution in [1.29, 1.82) is 0 Å². The fourth-order valence-corrected chi connectivity index (χ4v) is 2.27. The molecule has 2 rings (SSSR count). The smallest absolute Gasteiger partial charge is 0.127 e. The first kappa shape index (κ1) is 13.3. The number of halogens is 3. The largest absolute Gasteiger partial charge is 0.309 e. The molecule has 0 aromatic heterocycles. The van der Waals surface area contributed by atoms with Crippen molar-refractivity contribution >= 4 is 23.2 Å². The summed E-state index contributed by atoms with van der Waals surface area (Å²) in [6.45, 7) is 1.06. The van der Waals surface area contributed by atoms with Gasteiger partial charge in [-0.15, -0.1) is 0 Å². The molecule has 2 aromatic rings.